The third-order valence-corrected chi connectivity index (χ3v) is 6.07. The largest absolute Gasteiger partial charge is 0.0888 e. The van der Waals surface area contributed by atoms with Gasteiger partial charge in [-0.3, -0.25) is 0 Å². The van der Waals surface area contributed by atoms with E-state index in [1.54, 1.807) is 0 Å². The fourth-order valence-corrected chi connectivity index (χ4v) is 4.05. The Labute approximate surface area is 111 Å². The van der Waals surface area contributed by atoms with Crippen LogP contribution in [0, 0.1) is 17.3 Å². The molecule has 1 atom stereocenters. The molecule has 0 nitrogen and oxygen atoms in total. The van der Waals surface area contributed by atoms with Crippen molar-refractivity contribution in [3.05, 3.63) is 0 Å². The zero-order valence-corrected chi connectivity index (χ0v) is 13.1. The summed E-state index contributed by atoms with van der Waals surface area (Å²) in [5, 5.41) is 0. The molecule has 0 saturated heterocycles. The predicted molar refractivity (Wildman–Crippen MR) is 77.1 cm³/mol. The molecule has 1 heteroatoms. The lowest BCUT2D eigenvalue weighted by Gasteiger charge is -2.40. The van der Waals surface area contributed by atoms with Crippen LogP contribution < -0.4 is 0 Å². The second-order valence-corrected chi connectivity index (χ2v) is 7.43. The summed E-state index contributed by atoms with van der Waals surface area (Å²) in [5.41, 5.74) is 0.567. The van der Waals surface area contributed by atoms with Gasteiger partial charge in [0.1, 0.15) is 0 Å². The summed E-state index contributed by atoms with van der Waals surface area (Å²) in [4.78, 5) is 0.781. The lowest BCUT2D eigenvalue weighted by atomic mass is 9.67. The molecule has 1 unspecified atom stereocenters. The minimum atomic E-state index is 0.567. The average molecular weight is 289 g/mol. The number of hydrogen-bond donors (Lipinski definition) is 0. The Kier molecular flexibility index (Phi) is 5.84. The van der Waals surface area contributed by atoms with Gasteiger partial charge in [0.15, 0.2) is 0 Å². The summed E-state index contributed by atoms with van der Waals surface area (Å²) in [6.45, 7) is 9.54. The molecule has 0 aromatic heterocycles. The van der Waals surface area contributed by atoms with Crippen LogP contribution in [0.2, 0.25) is 0 Å². The van der Waals surface area contributed by atoms with E-state index in [0.717, 1.165) is 16.7 Å². The smallest absolute Gasteiger partial charge is 0.0174 e. The van der Waals surface area contributed by atoms with Crippen molar-refractivity contribution in [2.24, 2.45) is 17.3 Å². The van der Waals surface area contributed by atoms with Gasteiger partial charge in [0.05, 0.1) is 0 Å². The highest BCUT2D eigenvalue weighted by molar-refractivity contribution is 9.09. The van der Waals surface area contributed by atoms with Crippen LogP contribution in [0.1, 0.15) is 72.6 Å². The van der Waals surface area contributed by atoms with Gasteiger partial charge in [-0.1, -0.05) is 56.5 Å². The first-order valence-electron chi connectivity index (χ1n) is 7.15. The fraction of sp³-hybridized carbons (Fsp3) is 1.00. The van der Waals surface area contributed by atoms with Crippen LogP contribution in [-0.2, 0) is 0 Å². The lowest BCUT2D eigenvalue weighted by Crippen LogP contribution is -2.30. The van der Waals surface area contributed by atoms with Crippen molar-refractivity contribution in [1.82, 2.24) is 0 Å². The molecule has 1 aliphatic carbocycles. The highest BCUT2D eigenvalue weighted by Gasteiger charge is 2.33. The monoisotopic (exact) mass is 288 g/mol. The zero-order valence-electron chi connectivity index (χ0n) is 11.6. The van der Waals surface area contributed by atoms with E-state index in [9.17, 15) is 0 Å². The Morgan fingerprint density at radius 2 is 1.69 bits per heavy atom. The first-order chi connectivity index (χ1) is 7.51. The van der Waals surface area contributed by atoms with E-state index in [0.29, 0.717) is 5.41 Å². The average Bonchev–Trinajstić information content (AvgIpc) is 2.29. The zero-order chi connectivity index (χ0) is 12.2. The maximum absolute atomic E-state index is 3.89. The number of alkyl halides is 1. The fourth-order valence-electron chi connectivity index (χ4n) is 3.06. The summed E-state index contributed by atoms with van der Waals surface area (Å²) in [6.07, 6.45) is 9.81. The van der Waals surface area contributed by atoms with Crippen molar-refractivity contribution in [3.8, 4) is 0 Å². The van der Waals surface area contributed by atoms with Crippen molar-refractivity contribution in [2.75, 3.05) is 0 Å². The van der Waals surface area contributed by atoms with E-state index in [1.807, 2.05) is 0 Å². The molecule has 0 radical (unpaired) electrons. The van der Waals surface area contributed by atoms with Gasteiger partial charge in [0, 0.05) is 4.83 Å². The van der Waals surface area contributed by atoms with Crippen molar-refractivity contribution < 1.29 is 0 Å². The maximum atomic E-state index is 3.89. The molecule has 0 N–H and O–H groups in total. The molecule has 0 aliphatic heterocycles. The normalized spacial score (nSPS) is 29.1. The van der Waals surface area contributed by atoms with E-state index in [2.05, 4.69) is 43.6 Å². The van der Waals surface area contributed by atoms with Gasteiger partial charge in [-0.2, -0.15) is 0 Å². The van der Waals surface area contributed by atoms with Crippen LogP contribution >= 0.6 is 15.9 Å². The molecule has 96 valence electrons. The Balaban J connectivity index is 2.39. The van der Waals surface area contributed by atoms with Gasteiger partial charge < -0.3 is 0 Å². The second kappa shape index (κ2) is 6.42. The Morgan fingerprint density at radius 1 is 1.12 bits per heavy atom. The summed E-state index contributed by atoms with van der Waals surface area (Å²) in [6, 6.07) is 0. The van der Waals surface area contributed by atoms with Gasteiger partial charge in [-0.05, 0) is 49.4 Å². The third kappa shape index (κ3) is 3.75. The van der Waals surface area contributed by atoms with E-state index in [4.69, 9.17) is 0 Å². The molecule has 0 aromatic carbocycles. The molecular formula is C15H29Br. The molecule has 1 rings (SSSR count). The van der Waals surface area contributed by atoms with E-state index in [1.165, 1.54) is 44.9 Å². The number of hydrogen-bond acceptors (Lipinski definition) is 0. The highest BCUT2D eigenvalue weighted by atomic mass is 79.9. The summed E-state index contributed by atoms with van der Waals surface area (Å²) in [7, 11) is 0. The van der Waals surface area contributed by atoms with Crippen LogP contribution in [0.15, 0.2) is 0 Å². The summed E-state index contributed by atoms with van der Waals surface area (Å²) < 4.78 is 0. The molecule has 16 heavy (non-hydrogen) atoms. The topological polar surface area (TPSA) is 0 Å². The minimum absolute atomic E-state index is 0.567. The van der Waals surface area contributed by atoms with Gasteiger partial charge >= 0.3 is 0 Å². The minimum Gasteiger partial charge on any atom is -0.0888 e. The second-order valence-electron chi connectivity index (χ2n) is 6.26. The predicted octanol–water partition coefficient (Wildman–Crippen LogP) is 5.79. The first kappa shape index (κ1) is 14.5. The standard InChI is InChI=1S/C15H29Br/c1-5-7-14(16)12-8-10-13(11-9-12)15(3,4)6-2/h12-14H,5-11H2,1-4H3. The Hall–Kier alpha value is 0.480. The van der Waals surface area contributed by atoms with Gasteiger partial charge in [-0.25, -0.2) is 0 Å². The van der Waals surface area contributed by atoms with Crippen molar-refractivity contribution in [3.63, 3.8) is 0 Å². The van der Waals surface area contributed by atoms with Crippen LogP contribution in [0.3, 0.4) is 0 Å². The molecule has 0 amide bonds. The van der Waals surface area contributed by atoms with Crippen molar-refractivity contribution in [1.29, 1.82) is 0 Å². The third-order valence-electron chi connectivity index (χ3n) is 4.86. The molecule has 1 saturated carbocycles. The Bertz CT molecular complexity index is 190. The quantitative estimate of drug-likeness (QED) is 0.562. The number of halogens is 1. The molecule has 0 aromatic rings. The molecule has 1 fully saturated rings. The van der Waals surface area contributed by atoms with E-state index in [-0.39, 0.29) is 0 Å². The van der Waals surface area contributed by atoms with Crippen LogP contribution in [-0.4, -0.2) is 4.83 Å². The summed E-state index contributed by atoms with van der Waals surface area (Å²) in [5.74, 6) is 1.92. The first-order valence-corrected chi connectivity index (χ1v) is 8.06. The van der Waals surface area contributed by atoms with Crippen LogP contribution in [0.5, 0.6) is 0 Å². The van der Waals surface area contributed by atoms with Gasteiger partial charge in [0.2, 0.25) is 0 Å². The van der Waals surface area contributed by atoms with Crippen LogP contribution in [0.25, 0.3) is 0 Å². The lowest BCUT2D eigenvalue weighted by molar-refractivity contribution is 0.127. The molecule has 0 spiro atoms. The Morgan fingerprint density at radius 3 is 2.12 bits per heavy atom. The highest BCUT2D eigenvalue weighted by Crippen LogP contribution is 2.44. The molecule has 0 bridgehead atoms. The number of rotatable bonds is 5. The molecule has 0 heterocycles. The van der Waals surface area contributed by atoms with E-state index >= 15 is 0 Å². The van der Waals surface area contributed by atoms with Crippen LogP contribution in [0.4, 0.5) is 0 Å². The van der Waals surface area contributed by atoms with E-state index < -0.39 is 0 Å². The molecule has 1 aliphatic rings. The van der Waals surface area contributed by atoms with Gasteiger partial charge in [0.25, 0.3) is 0 Å². The van der Waals surface area contributed by atoms with Gasteiger partial charge in [-0.15, -0.1) is 0 Å². The summed E-state index contributed by atoms with van der Waals surface area (Å²) >= 11 is 3.89. The van der Waals surface area contributed by atoms with Crippen molar-refractivity contribution in [2.45, 2.75) is 77.5 Å². The maximum Gasteiger partial charge on any atom is 0.0174 e. The molecular weight excluding hydrogens is 260 g/mol. The SMILES string of the molecule is CCCC(Br)C1CCC(C(C)(C)CC)CC1. The van der Waals surface area contributed by atoms with Crippen molar-refractivity contribution >= 4 is 15.9 Å².